The Hall–Kier alpha value is -1.12. The molecule has 0 radical (unpaired) electrons. The summed E-state index contributed by atoms with van der Waals surface area (Å²) >= 11 is 0. The summed E-state index contributed by atoms with van der Waals surface area (Å²) < 4.78 is 6.18. The highest BCUT2D eigenvalue weighted by Crippen LogP contribution is 2.38. The molecule has 0 spiro atoms. The molecule has 116 valence electrons. The van der Waals surface area contributed by atoms with E-state index in [4.69, 9.17) is 15.4 Å². The van der Waals surface area contributed by atoms with Gasteiger partial charge in [-0.1, -0.05) is 20.8 Å². The molecule has 7 nitrogen and oxygen atoms in total. The molecule has 1 aliphatic rings. The normalized spacial score (nSPS) is 23.8. The highest BCUT2D eigenvalue weighted by Gasteiger charge is 2.45. The van der Waals surface area contributed by atoms with Crippen molar-refractivity contribution in [1.29, 1.82) is 0 Å². The van der Waals surface area contributed by atoms with E-state index in [0.29, 0.717) is 6.42 Å². The summed E-state index contributed by atoms with van der Waals surface area (Å²) in [6.45, 7) is 10.8. The fraction of sp³-hybridized carbons (Fsp3) is 0.833. The number of nitrogens with one attached hydrogen (secondary N) is 1. The molecule has 1 heterocycles. The van der Waals surface area contributed by atoms with E-state index in [1.165, 1.54) is 0 Å². The van der Waals surface area contributed by atoms with Crippen molar-refractivity contribution in [2.75, 3.05) is 6.54 Å². The molecule has 4 N–H and O–H groups in total. The minimum atomic E-state index is -1.99. The Balaban J connectivity index is 2.81. The maximum atomic E-state index is 11.7. The van der Waals surface area contributed by atoms with Gasteiger partial charge in [0.2, 0.25) is 0 Å². The summed E-state index contributed by atoms with van der Waals surface area (Å²) in [4.78, 5) is 24.0. The van der Waals surface area contributed by atoms with Gasteiger partial charge >= 0.3 is 6.09 Å². The van der Waals surface area contributed by atoms with Gasteiger partial charge in [0.15, 0.2) is 8.32 Å². The number of nitrogens with two attached hydrogens (primary N) is 1. The number of hydrogen-bond donors (Lipinski definition) is 3. The lowest BCUT2D eigenvalue weighted by Crippen LogP contribution is -2.47. The lowest BCUT2D eigenvalue weighted by atomic mass is 10.2. The van der Waals surface area contributed by atoms with Crippen LogP contribution in [0.25, 0.3) is 0 Å². The number of carbonyl (C=O) groups excluding carboxylic acids is 1. The van der Waals surface area contributed by atoms with Crippen LogP contribution in [-0.4, -0.2) is 49.0 Å². The van der Waals surface area contributed by atoms with Crippen LogP contribution in [0.3, 0.4) is 0 Å². The average molecular weight is 303 g/mol. The van der Waals surface area contributed by atoms with Crippen molar-refractivity contribution in [3.05, 3.63) is 0 Å². The molecule has 8 heteroatoms. The van der Waals surface area contributed by atoms with Gasteiger partial charge in [-0.05, 0) is 18.1 Å². The fourth-order valence-electron chi connectivity index (χ4n) is 2.03. The first kappa shape index (κ1) is 16.9. The smallest absolute Gasteiger partial charge is 0.408 e. The van der Waals surface area contributed by atoms with Gasteiger partial charge in [0.1, 0.15) is 6.04 Å². The Kier molecular flexibility index (Phi) is 4.83. The number of hydrogen-bond acceptors (Lipinski definition) is 4. The molecule has 0 bridgehead atoms. The summed E-state index contributed by atoms with van der Waals surface area (Å²) in [6.07, 6.45) is -1.03. The number of carboxylic acid groups (broad SMARTS) is 1. The molecule has 0 aliphatic carbocycles. The quantitative estimate of drug-likeness (QED) is 0.313. The van der Waals surface area contributed by atoms with Crippen molar-refractivity contribution in [2.45, 2.75) is 57.5 Å². The lowest BCUT2D eigenvalue weighted by Gasteiger charge is -2.38. The molecule has 1 saturated heterocycles. The topological polar surface area (TPSA) is 105 Å². The van der Waals surface area contributed by atoms with E-state index in [0.717, 1.165) is 4.90 Å². The second-order valence-electron chi connectivity index (χ2n) is 6.70. The minimum Gasteiger partial charge on any atom is -0.465 e. The Labute approximate surface area is 120 Å². The zero-order valence-corrected chi connectivity index (χ0v) is 13.8. The van der Waals surface area contributed by atoms with E-state index in [-0.39, 0.29) is 17.7 Å². The van der Waals surface area contributed by atoms with Gasteiger partial charge in [-0.15, -0.1) is 0 Å². The largest absolute Gasteiger partial charge is 0.465 e. The molecular formula is C12H25N3O4Si. The molecular weight excluding hydrogens is 278 g/mol. The van der Waals surface area contributed by atoms with Gasteiger partial charge in [-0.2, -0.15) is 0 Å². The molecule has 0 saturated carbocycles. The second-order valence-corrected chi connectivity index (χ2v) is 11.5. The summed E-state index contributed by atoms with van der Waals surface area (Å²) in [5.41, 5.74) is 2.02. The van der Waals surface area contributed by atoms with Crippen molar-refractivity contribution in [1.82, 2.24) is 10.3 Å². The van der Waals surface area contributed by atoms with Crippen molar-refractivity contribution in [3.63, 3.8) is 0 Å². The maximum Gasteiger partial charge on any atom is 0.408 e. The predicted molar refractivity (Wildman–Crippen MR) is 77.5 cm³/mol. The number of likely N-dealkylation sites (tertiary alicyclic amines) is 1. The third-order valence-corrected chi connectivity index (χ3v) is 8.76. The molecule has 20 heavy (non-hydrogen) atoms. The third kappa shape index (κ3) is 3.50. The van der Waals surface area contributed by atoms with E-state index in [9.17, 15) is 9.59 Å². The molecule has 1 fully saturated rings. The van der Waals surface area contributed by atoms with Crippen molar-refractivity contribution in [2.24, 2.45) is 5.84 Å². The van der Waals surface area contributed by atoms with E-state index in [1.807, 2.05) is 5.43 Å². The lowest BCUT2D eigenvalue weighted by molar-refractivity contribution is -0.125. The first-order chi connectivity index (χ1) is 8.99. The van der Waals surface area contributed by atoms with E-state index >= 15 is 0 Å². The minimum absolute atomic E-state index is 0.0370. The summed E-state index contributed by atoms with van der Waals surface area (Å²) in [5, 5.41) is 9.20. The van der Waals surface area contributed by atoms with Crippen molar-refractivity contribution < 1.29 is 19.1 Å². The van der Waals surface area contributed by atoms with Gasteiger partial charge in [0.25, 0.3) is 5.91 Å². The highest BCUT2D eigenvalue weighted by molar-refractivity contribution is 6.74. The third-order valence-electron chi connectivity index (χ3n) is 4.22. The molecule has 0 unspecified atom stereocenters. The van der Waals surface area contributed by atoms with Gasteiger partial charge in [0, 0.05) is 13.0 Å². The van der Waals surface area contributed by atoms with Crippen LogP contribution < -0.4 is 11.3 Å². The molecule has 0 aromatic carbocycles. The van der Waals surface area contributed by atoms with Gasteiger partial charge < -0.3 is 9.53 Å². The monoisotopic (exact) mass is 303 g/mol. The first-order valence-electron chi connectivity index (χ1n) is 6.67. The maximum absolute atomic E-state index is 11.7. The van der Waals surface area contributed by atoms with Gasteiger partial charge in [-0.3, -0.25) is 15.1 Å². The van der Waals surface area contributed by atoms with Crippen LogP contribution in [0.5, 0.6) is 0 Å². The number of hydrazine groups is 1. The van der Waals surface area contributed by atoms with Crippen LogP contribution in [-0.2, 0) is 9.22 Å². The molecule has 0 aromatic heterocycles. The van der Waals surface area contributed by atoms with Crippen molar-refractivity contribution >= 4 is 20.3 Å². The Morgan fingerprint density at radius 2 is 1.95 bits per heavy atom. The number of amides is 2. The average Bonchev–Trinajstić information content (AvgIpc) is 2.69. The van der Waals surface area contributed by atoms with Gasteiger partial charge in [0.05, 0.1) is 6.10 Å². The first-order valence-corrected chi connectivity index (χ1v) is 9.58. The van der Waals surface area contributed by atoms with Crippen LogP contribution in [0.1, 0.15) is 27.2 Å². The van der Waals surface area contributed by atoms with Crippen LogP contribution in [0.4, 0.5) is 4.79 Å². The predicted octanol–water partition coefficient (Wildman–Crippen LogP) is 1.12. The van der Waals surface area contributed by atoms with E-state index in [2.05, 4.69) is 33.9 Å². The summed E-state index contributed by atoms with van der Waals surface area (Å²) in [6, 6.07) is -0.771. The number of rotatable bonds is 3. The van der Waals surface area contributed by atoms with E-state index in [1.54, 1.807) is 0 Å². The molecule has 2 atom stereocenters. The standard InChI is InChI=1S/C12H25N3O4Si/c1-12(2,3)20(4,5)19-8-6-9(10(16)14-13)15(7-8)11(17)18/h8-9H,6-7,13H2,1-5H3,(H,14,16)(H,17,18)/t8-,9+/m1/s1. The van der Waals surface area contributed by atoms with Crippen LogP contribution in [0.15, 0.2) is 0 Å². The zero-order chi connectivity index (χ0) is 15.7. The Morgan fingerprint density at radius 1 is 1.40 bits per heavy atom. The molecule has 0 aromatic rings. The Morgan fingerprint density at radius 3 is 2.35 bits per heavy atom. The second kappa shape index (κ2) is 5.70. The summed E-state index contributed by atoms with van der Waals surface area (Å²) in [7, 11) is -1.99. The molecule has 1 aliphatic heterocycles. The van der Waals surface area contributed by atoms with E-state index < -0.39 is 26.4 Å². The molecule has 2 amide bonds. The number of nitrogens with zero attached hydrogens (tertiary/aromatic N) is 1. The van der Waals surface area contributed by atoms with Crippen LogP contribution in [0.2, 0.25) is 18.1 Å². The number of carbonyl (C=O) groups is 2. The highest BCUT2D eigenvalue weighted by atomic mass is 28.4. The molecule has 1 rings (SSSR count). The Bertz CT molecular complexity index is 395. The van der Waals surface area contributed by atoms with Crippen LogP contribution >= 0.6 is 0 Å². The fourth-order valence-corrected chi connectivity index (χ4v) is 3.39. The zero-order valence-electron chi connectivity index (χ0n) is 12.8. The van der Waals surface area contributed by atoms with Crippen molar-refractivity contribution in [3.8, 4) is 0 Å². The van der Waals surface area contributed by atoms with Crippen LogP contribution in [0, 0.1) is 0 Å². The SMILES string of the molecule is CC(C)(C)[Si](C)(C)O[C@@H]1C[C@@H](C(=O)NN)N(C(=O)O)C1. The summed E-state index contributed by atoms with van der Waals surface area (Å²) in [5.74, 6) is 4.61. The van der Waals surface area contributed by atoms with Gasteiger partial charge in [-0.25, -0.2) is 10.6 Å².